The molecule has 2 aromatic rings. The number of rotatable bonds is 4. The van der Waals surface area contributed by atoms with E-state index in [2.05, 4.69) is 46.2 Å². The van der Waals surface area contributed by atoms with Crippen LogP contribution in [0.1, 0.15) is 42.4 Å². The minimum Gasteiger partial charge on any atom is -0.493 e. The first kappa shape index (κ1) is 19.2. The number of hydrogen-bond donors (Lipinski definition) is 0. The number of anilines is 2. The van der Waals surface area contributed by atoms with Crippen molar-refractivity contribution in [2.75, 3.05) is 49.1 Å². The van der Waals surface area contributed by atoms with E-state index in [0.717, 1.165) is 57.1 Å². The zero-order chi connectivity index (χ0) is 20.9. The minimum atomic E-state index is 0.154. The topological polar surface area (TPSA) is 36.0 Å². The van der Waals surface area contributed by atoms with Crippen molar-refractivity contribution in [1.29, 1.82) is 0 Å². The SMILES string of the molecule is CC(=O)N1CCN2c3c(cccc31)[C@@H]1CN(CCCc3cccc4c3OCC4)CC[C@@H]12. The van der Waals surface area contributed by atoms with Crippen molar-refractivity contribution in [2.24, 2.45) is 0 Å². The van der Waals surface area contributed by atoms with E-state index in [4.69, 9.17) is 4.74 Å². The molecule has 0 saturated carbocycles. The summed E-state index contributed by atoms with van der Waals surface area (Å²) in [7, 11) is 0. The molecule has 2 aromatic carbocycles. The number of aryl methyl sites for hydroxylation is 1. The van der Waals surface area contributed by atoms with E-state index in [9.17, 15) is 4.79 Å². The van der Waals surface area contributed by atoms with Gasteiger partial charge < -0.3 is 19.4 Å². The third kappa shape index (κ3) is 3.13. The quantitative estimate of drug-likeness (QED) is 0.762. The molecule has 5 heteroatoms. The van der Waals surface area contributed by atoms with Gasteiger partial charge in [-0.05, 0) is 48.6 Å². The van der Waals surface area contributed by atoms with Crippen LogP contribution in [0.2, 0.25) is 0 Å². The number of carbonyl (C=O) groups excluding carboxylic acids is 1. The molecule has 1 saturated heterocycles. The molecule has 0 bridgehead atoms. The fourth-order valence-corrected chi connectivity index (χ4v) is 6.34. The van der Waals surface area contributed by atoms with E-state index in [1.165, 1.54) is 41.8 Å². The average Bonchev–Trinajstić information content (AvgIpc) is 3.39. The molecule has 0 aliphatic carbocycles. The Morgan fingerprint density at radius 2 is 2.03 bits per heavy atom. The van der Waals surface area contributed by atoms with Crippen LogP contribution in [-0.2, 0) is 17.6 Å². The Morgan fingerprint density at radius 3 is 2.94 bits per heavy atom. The maximum Gasteiger partial charge on any atom is 0.223 e. The molecule has 0 radical (unpaired) electrons. The van der Waals surface area contributed by atoms with Crippen LogP contribution in [0, 0.1) is 0 Å². The number of benzene rings is 2. The highest BCUT2D eigenvalue weighted by Crippen LogP contribution is 2.50. The first-order valence-electron chi connectivity index (χ1n) is 11.8. The Kier molecular flexibility index (Phi) is 4.67. The van der Waals surface area contributed by atoms with Crippen molar-refractivity contribution in [3.8, 4) is 5.75 Å². The summed E-state index contributed by atoms with van der Waals surface area (Å²) in [6.45, 7) is 7.72. The van der Waals surface area contributed by atoms with E-state index in [0.29, 0.717) is 12.0 Å². The molecule has 162 valence electrons. The molecule has 5 nitrogen and oxygen atoms in total. The van der Waals surface area contributed by atoms with E-state index in [-0.39, 0.29) is 5.91 Å². The molecule has 4 aliphatic heterocycles. The van der Waals surface area contributed by atoms with Crippen molar-refractivity contribution in [2.45, 2.75) is 44.6 Å². The molecule has 31 heavy (non-hydrogen) atoms. The van der Waals surface area contributed by atoms with Crippen LogP contribution in [0.25, 0.3) is 0 Å². The molecule has 1 fully saturated rings. The number of carbonyl (C=O) groups is 1. The van der Waals surface area contributed by atoms with E-state index < -0.39 is 0 Å². The van der Waals surface area contributed by atoms with Gasteiger partial charge in [0.2, 0.25) is 5.91 Å². The summed E-state index contributed by atoms with van der Waals surface area (Å²) >= 11 is 0. The second-order valence-electron chi connectivity index (χ2n) is 9.45. The van der Waals surface area contributed by atoms with Gasteiger partial charge in [0.25, 0.3) is 0 Å². The molecule has 1 amide bonds. The first-order chi connectivity index (χ1) is 15.2. The first-order valence-corrected chi connectivity index (χ1v) is 11.8. The normalized spacial score (nSPS) is 23.9. The molecule has 4 heterocycles. The number of likely N-dealkylation sites (tertiary alicyclic amines) is 1. The van der Waals surface area contributed by atoms with Crippen molar-refractivity contribution >= 4 is 17.3 Å². The standard InChI is InChI=1S/C26H31N3O2/c1-18(30)28-14-15-29-23-10-13-27(17-22(23)21-8-3-9-24(28)25(21)29)12-4-7-19-5-2-6-20-11-16-31-26(19)20/h2-3,5-6,8-9,22-23H,4,7,10-17H2,1H3/t22-,23-/m0/s1. The number of fused-ring (bicyclic) bond motifs is 4. The number of hydrogen-bond acceptors (Lipinski definition) is 4. The predicted octanol–water partition coefficient (Wildman–Crippen LogP) is 3.60. The van der Waals surface area contributed by atoms with Crippen LogP contribution in [-0.4, -0.2) is 56.2 Å². The fraction of sp³-hybridized carbons (Fsp3) is 0.500. The highest BCUT2D eigenvalue weighted by atomic mass is 16.5. The van der Waals surface area contributed by atoms with Gasteiger partial charge in [0, 0.05) is 51.5 Å². The highest BCUT2D eigenvalue weighted by molar-refractivity contribution is 5.98. The van der Waals surface area contributed by atoms with Gasteiger partial charge in [0.1, 0.15) is 5.75 Å². The van der Waals surface area contributed by atoms with Crippen LogP contribution in [0.5, 0.6) is 5.75 Å². The highest BCUT2D eigenvalue weighted by Gasteiger charge is 2.45. The second-order valence-corrected chi connectivity index (χ2v) is 9.45. The molecule has 2 atom stereocenters. The molecule has 0 aromatic heterocycles. The predicted molar refractivity (Wildman–Crippen MR) is 123 cm³/mol. The lowest BCUT2D eigenvalue weighted by Gasteiger charge is -2.41. The Labute approximate surface area is 184 Å². The monoisotopic (exact) mass is 417 g/mol. The van der Waals surface area contributed by atoms with Crippen molar-refractivity contribution in [3.63, 3.8) is 0 Å². The zero-order valence-corrected chi connectivity index (χ0v) is 18.3. The van der Waals surface area contributed by atoms with Gasteiger partial charge in [-0.2, -0.15) is 0 Å². The number of piperidine rings is 1. The van der Waals surface area contributed by atoms with Crippen molar-refractivity contribution < 1.29 is 9.53 Å². The number of ether oxygens (including phenoxy) is 1. The van der Waals surface area contributed by atoms with Gasteiger partial charge in [-0.3, -0.25) is 4.79 Å². The third-order valence-electron chi connectivity index (χ3n) is 7.75. The summed E-state index contributed by atoms with van der Waals surface area (Å²) in [5, 5.41) is 0. The van der Waals surface area contributed by atoms with Crippen LogP contribution in [0.4, 0.5) is 11.4 Å². The number of para-hydroxylation sites is 2. The maximum atomic E-state index is 12.2. The molecular formula is C26H31N3O2. The van der Waals surface area contributed by atoms with Gasteiger partial charge in [-0.1, -0.05) is 30.3 Å². The van der Waals surface area contributed by atoms with Gasteiger partial charge in [-0.15, -0.1) is 0 Å². The Morgan fingerprint density at radius 1 is 1.13 bits per heavy atom. The van der Waals surface area contributed by atoms with Crippen LogP contribution in [0.3, 0.4) is 0 Å². The molecular weight excluding hydrogens is 386 g/mol. The second kappa shape index (κ2) is 7.56. The van der Waals surface area contributed by atoms with E-state index >= 15 is 0 Å². The summed E-state index contributed by atoms with van der Waals surface area (Å²) < 4.78 is 5.89. The lowest BCUT2D eigenvalue weighted by Crippen LogP contribution is -2.50. The largest absolute Gasteiger partial charge is 0.493 e. The van der Waals surface area contributed by atoms with Gasteiger partial charge >= 0.3 is 0 Å². The molecule has 0 spiro atoms. The molecule has 0 unspecified atom stereocenters. The van der Waals surface area contributed by atoms with Gasteiger partial charge in [0.15, 0.2) is 0 Å². The summed E-state index contributed by atoms with van der Waals surface area (Å²) in [5.41, 5.74) is 6.66. The van der Waals surface area contributed by atoms with Gasteiger partial charge in [0.05, 0.1) is 18.0 Å². The Bertz CT molecular complexity index is 1020. The Balaban J connectivity index is 1.15. The summed E-state index contributed by atoms with van der Waals surface area (Å²) in [4.78, 5) is 19.4. The Hall–Kier alpha value is -2.53. The van der Waals surface area contributed by atoms with Crippen molar-refractivity contribution in [1.82, 2.24) is 4.90 Å². The number of nitrogens with zero attached hydrogens (tertiary/aromatic N) is 3. The molecule has 6 rings (SSSR count). The summed E-state index contributed by atoms with van der Waals surface area (Å²) in [6, 6.07) is 13.8. The maximum absolute atomic E-state index is 12.2. The number of amides is 1. The average molecular weight is 418 g/mol. The molecule has 4 aliphatic rings. The lowest BCUT2D eigenvalue weighted by atomic mass is 9.89. The lowest BCUT2D eigenvalue weighted by molar-refractivity contribution is -0.116. The van der Waals surface area contributed by atoms with Crippen molar-refractivity contribution in [3.05, 3.63) is 53.1 Å². The van der Waals surface area contributed by atoms with Crippen LogP contribution < -0.4 is 14.5 Å². The zero-order valence-electron chi connectivity index (χ0n) is 18.3. The smallest absolute Gasteiger partial charge is 0.223 e. The fourth-order valence-electron chi connectivity index (χ4n) is 6.34. The van der Waals surface area contributed by atoms with E-state index in [1.54, 1.807) is 6.92 Å². The van der Waals surface area contributed by atoms with Crippen LogP contribution in [0.15, 0.2) is 36.4 Å². The third-order valence-corrected chi connectivity index (χ3v) is 7.75. The minimum absolute atomic E-state index is 0.154. The summed E-state index contributed by atoms with van der Waals surface area (Å²) in [6.07, 6.45) is 4.53. The van der Waals surface area contributed by atoms with E-state index in [1.807, 2.05) is 4.90 Å². The summed E-state index contributed by atoms with van der Waals surface area (Å²) in [5.74, 6) is 1.86. The van der Waals surface area contributed by atoms with Gasteiger partial charge in [-0.25, -0.2) is 0 Å². The molecule has 0 N–H and O–H groups in total. The van der Waals surface area contributed by atoms with Crippen LogP contribution >= 0.6 is 0 Å².